The van der Waals surface area contributed by atoms with Crippen LogP contribution in [0.3, 0.4) is 0 Å². The Balaban J connectivity index is 1.13. The highest BCUT2D eigenvalue weighted by Crippen LogP contribution is 2.55. The first kappa shape index (κ1) is 19.7. The maximum Gasteiger partial charge on any atom is 0.319 e. The second-order valence-electron chi connectivity index (χ2n) is 8.90. The first-order chi connectivity index (χ1) is 14.0. The molecule has 3 amide bonds. The Morgan fingerprint density at radius 2 is 1.59 bits per heavy atom. The zero-order valence-corrected chi connectivity index (χ0v) is 16.6. The summed E-state index contributed by atoms with van der Waals surface area (Å²) >= 11 is 0. The third-order valence-corrected chi connectivity index (χ3v) is 6.45. The van der Waals surface area contributed by atoms with E-state index in [1.165, 1.54) is 19.3 Å². The lowest BCUT2D eigenvalue weighted by Gasteiger charge is -2.56. The van der Waals surface area contributed by atoms with Crippen molar-refractivity contribution in [2.24, 2.45) is 17.8 Å². The highest BCUT2D eigenvalue weighted by Gasteiger charge is 2.51. The van der Waals surface area contributed by atoms with Crippen LogP contribution in [0, 0.1) is 17.8 Å². The van der Waals surface area contributed by atoms with E-state index in [0.29, 0.717) is 5.69 Å². The molecule has 0 aliphatic heterocycles. The highest BCUT2D eigenvalue weighted by atomic mass is 16.5. The van der Waals surface area contributed by atoms with Crippen LogP contribution in [0.15, 0.2) is 30.3 Å². The lowest BCUT2D eigenvalue weighted by molar-refractivity contribution is -0.150. The van der Waals surface area contributed by atoms with Crippen LogP contribution in [0.5, 0.6) is 0 Å². The van der Waals surface area contributed by atoms with Gasteiger partial charge in [-0.05, 0) is 68.4 Å². The first-order valence-electron chi connectivity index (χ1n) is 10.6. The van der Waals surface area contributed by atoms with E-state index in [1.54, 1.807) is 12.1 Å². The van der Waals surface area contributed by atoms with Crippen LogP contribution >= 0.6 is 0 Å². The number of carbonyl (C=O) groups excluding carboxylic acids is 3. The highest BCUT2D eigenvalue weighted by molar-refractivity contribution is 5.89. The number of para-hydroxylation sites is 1. The van der Waals surface area contributed by atoms with Crippen LogP contribution in [-0.2, 0) is 14.3 Å². The average molecular weight is 399 g/mol. The topological polar surface area (TPSA) is 96.5 Å². The molecule has 3 N–H and O–H groups in total. The van der Waals surface area contributed by atoms with Crippen molar-refractivity contribution in [3.8, 4) is 0 Å². The molecule has 0 spiro atoms. The van der Waals surface area contributed by atoms with E-state index < -0.39 is 5.97 Å². The molecule has 0 atom stereocenters. The van der Waals surface area contributed by atoms with Gasteiger partial charge in [-0.25, -0.2) is 4.79 Å². The molecule has 7 nitrogen and oxygen atoms in total. The number of anilines is 1. The zero-order valence-electron chi connectivity index (χ0n) is 16.6. The van der Waals surface area contributed by atoms with E-state index in [1.807, 2.05) is 18.2 Å². The van der Waals surface area contributed by atoms with Gasteiger partial charge in [0, 0.05) is 17.8 Å². The van der Waals surface area contributed by atoms with Gasteiger partial charge in [0.2, 0.25) is 0 Å². The number of hydrogen-bond donors (Lipinski definition) is 3. The van der Waals surface area contributed by atoms with Crippen LogP contribution in [0.25, 0.3) is 0 Å². The van der Waals surface area contributed by atoms with Gasteiger partial charge in [-0.1, -0.05) is 18.2 Å². The number of benzene rings is 1. The van der Waals surface area contributed by atoms with E-state index in [-0.39, 0.29) is 37.0 Å². The van der Waals surface area contributed by atoms with Crippen LogP contribution < -0.4 is 16.0 Å². The molecule has 0 aromatic heterocycles. The Kier molecular flexibility index (Phi) is 5.74. The number of nitrogens with one attached hydrogen (secondary N) is 3. The molecule has 7 heteroatoms. The van der Waals surface area contributed by atoms with Crippen molar-refractivity contribution >= 4 is 23.6 Å². The Morgan fingerprint density at radius 3 is 2.21 bits per heavy atom. The molecule has 4 aliphatic carbocycles. The van der Waals surface area contributed by atoms with Gasteiger partial charge in [0.15, 0.2) is 6.61 Å². The molecule has 5 rings (SSSR count). The first-order valence-corrected chi connectivity index (χ1v) is 10.6. The third kappa shape index (κ3) is 5.08. The fraction of sp³-hybridized carbons (Fsp3) is 0.591. The van der Waals surface area contributed by atoms with Crippen molar-refractivity contribution in [1.29, 1.82) is 0 Å². The minimum Gasteiger partial charge on any atom is -0.456 e. The molecule has 1 aromatic rings. The summed E-state index contributed by atoms with van der Waals surface area (Å²) in [6.45, 7) is -0.106. The van der Waals surface area contributed by atoms with Crippen molar-refractivity contribution in [2.45, 2.75) is 50.5 Å². The van der Waals surface area contributed by atoms with Gasteiger partial charge in [0.05, 0.1) is 6.42 Å². The van der Waals surface area contributed by atoms with E-state index in [0.717, 1.165) is 37.0 Å². The fourth-order valence-corrected chi connectivity index (χ4v) is 5.79. The molecule has 156 valence electrons. The second kappa shape index (κ2) is 8.43. The molecule has 4 saturated carbocycles. The van der Waals surface area contributed by atoms with E-state index in [4.69, 9.17) is 4.74 Å². The largest absolute Gasteiger partial charge is 0.456 e. The number of carbonyl (C=O) groups is 3. The van der Waals surface area contributed by atoms with E-state index >= 15 is 0 Å². The number of urea groups is 1. The van der Waals surface area contributed by atoms with Crippen LogP contribution in [0.4, 0.5) is 10.5 Å². The van der Waals surface area contributed by atoms with Gasteiger partial charge in [-0.3, -0.25) is 9.59 Å². The number of ether oxygens (including phenoxy) is 1. The normalized spacial score (nSPS) is 29.2. The Hall–Kier alpha value is -2.57. The lowest BCUT2D eigenvalue weighted by Crippen LogP contribution is -2.60. The van der Waals surface area contributed by atoms with Gasteiger partial charge < -0.3 is 20.7 Å². The Labute approximate surface area is 171 Å². The minimum atomic E-state index is -0.495. The predicted molar refractivity (Wildman–Crippen MR) is 108 cm³/mol. The van der Waals surface area contributed by atoms with Gasteiger partial charge in [-0.15, -0.1) is 0 Å². The molecular formula is C22H29N3O4. The van der Waals surface area contributed by atoms with Crippen LogP contribution in [0.2, 0.25) is 0 Å². The van der Waals surface area contributed by atoms with Crippen molar-refractivity contribution < 1.29 is 19.1 Å². The SMILES string of the molecule is O=C(COC(=O)CCNC(=O)Nc1ccccc1)NC12CC3CC(CC(C3)C1)C2. The summed E-state index contributed by atoms with van der Waals surface area (Å²) in [6.07, 6.45) is 7.17. The zero-order chi connectivity index (χ0) is 20.3. The molecule has 4 aliphatic rings. The second-order valence-corrected chi connectivity index (χ2v) is 8.90. The molecule has 0 saturated heterocycles. The molecule has 0 unspecified atom stereocenters. The smallest absolute Gasteiger partial charge is 0.319 e. The summed E-state index contributed by atoms with van der Waals surface area (Å²) in [4.78, 5) is 36.0. The molecule has 4 fully saturated rings. The van der Waals surface area contributed by atoms with Gasteiger partial charge >= 0.3 is 12.0 Å². The molecule has 4 bridgehead atoms. The van der Waals surface area contributed by atoms with Gasteiger partial charge in [0.25, 0.3) is 5.91 Å². The molecule has 29 heavy (non-hydrogen) atoms. The number of esters is 1. The maximum absolute atomic E-state index is 12.3. The van der Waals surface area contributed by atoms with Crippen LogP contribution in [0.1, 0.15) is 44.9 Å². The van der Waals surface area contributed by atoms with Crippen molar-refractivity contribution in [1.82, 2.24) is 10.6 Å². The van der Waals surface area contributed by atoms with Gasteiger partial charge in [0.1, 0.15) is 0 Å². The van der Waals surface area contributed by atoms with Crippen molar-refractivity contribution in [3.05, 3.63) is 30.3 Å². The number of rotatable bonds is 7. The number of hydrogen-bond acceptors (Lipinski definition) is 4. The average Bonchev–Trinajstić information content (AvgIpc) is 2.66. The summed E-state index contributed by atoms with van der Waals surface area (Å²) in [7, 11) is 0. The summed E-state index contributed by atoms with van der Waals surface area (Å²) in [5.74, 6) is 1.53. The van der Waals surface area contributed by atoms with Crippen LogP contribution in [-0.4, -0.2) is 36.6 Å². The lowest BCUT2D eigenvalue weighted by atomic mass is 9.53. The summed E-state index contributed by atoms with van der Waals surface area (Å²) in [5.41, 5.74) is 0.601. The third-order valence-electron chi connectivity index (χ3n) is 6.45. The van der Waals surface area contributed by atoms with E-state index in [2.05, 4.69) is 16.0 Å². The molecule has 0 heterocycles. The monoisotopic (exact) mass is 399 g/mol. The quantitative estimate of drug-likeness (QED) is 0.614. The minimum absolute atomic E-state index is 0.0207. The predicted octanol–water partition coefficient (Wildman–Crippen LogP) is 2.83. The fourth-order valence-electron chi connectivity index (χ4n) is 5.79. The molecule has 1 aromatic carbocycles. The maximum atomic E-state index is 12.3. The summed E-state index contributed by atoms with van der Waals surface area (Å²) < 4.78 is 5.10. The van der Waals surface area contributed by atoms with Crippen molar-refractivity contribution in [3.63, 3.8) is 0 Å². The standard InChI is InChI=1S/C22H29N3O4/c26-19(25-22-11-15-8-16(12-22)10-17(9-15)13-22)14-29-20(27)6-7-23-21(28)24-18-4-2-1-3-5-18/h1-5,15-17H,6-14H2,(H,25,26)(H2,23,24,28). The van der Waals surface area contributed by atoms with E-state index in [9.17, 15) is 14.4 Å². The Morgan fingerprint density at radius 1 is 0.966 bits per heavy atom. The summed E-state index contributed by atoms with van der Waals surface area (Å²) in [6, 6.07) is 8.66. The summed E-state index contributed by atoms with van der Waals surface area (Å²) in [5, 5.41) is 8.46. The Bertz CT molecular complexity index is 729. The van der Waals surface area contributed by atoms with Crippen molar-refractivity contribution in [2.75, 3.05) is 18.5 Å². The van der Waals surface area contributed by atoms with Gasteiger partial charge in [-0.2, -0.15) is 0 Å². The number of amides is 3. The molecular weight excluding hydrogens is 370 g/mol. The molecule has 0 radical (unpaired) electrons.